The lowest BCUT2D eigenvalue weighted by Crippen LogP contribution is -2.74. The molecule has 1 saturated carbocycles. The van der Waals surface area contributed by atoms with Crippen LogP contribution in [0.2, 0.25) is 0 Å². The number of hydrogen-bond donors (Lipinski definition) is 2. The summed E-state index contributed by atoms with van der Waals surface area (Å²) < 4.78 is 6.72. The summed E-state index contributed by atoms with van der Waals surface area (Å²) >= 11 is 0. The van der Waals surface area contributed by atoms with Crippen LogP contribution in [0, 0.1) is 5.92 Å². The third-order valence-corrected chi connectivity index (χ3v) is 8.97. The number of hydrogen-bond acceptors (Lipinski definition) is 3. The van der Waals surface area contributed by atoms with Gasteiger partial charge in [-0.25, -0.2) is 0 Å². The van der Waals surface area contributed by atoms with E-state index in [1.54, 1.807) is 0 Å². The maximum Gasteiger partial charge on any atom is 0.151 e. The number of fused-ring (bicyclic) bond motifs is 4. The molecule has 1 aromatic heterocycles. The van der Waals surface area contributed by atoms with Gasteiger partial charge in [0.15, 0.2) is 6.10 Å². The number of nitrogens with zero attached hydrogens (tertiary/aromatic N) is 1. The second-order valence-electron chi connectivity index (χ2n) is 10.3. The first kappa shape index (κ1) is 18.6. The van der Waals surface area contributed by atoms with E-state index >= 15 is 0 Å². The van der Waals surface area contributed by atoms with Crippen LogP contribution < -0.4 is 4.74 Å². The highest BCUT2D eigenvalue weighted by molar-refractivity contribution is 5.86. The normalized spacial score (nSPS) is 34.6. The number of likely N-dealkylation sites (tertiary alicyclic amines) is 1. The lowest BCUT2D eigenvalue weighted by molar-refractivity contribution is -0.173. The molecule has 2 aliphatic heterocycles. The van der Waals surface area contributed by atoms with Crippen molar-refractivity contribution in [2.75, 3.05) is 13.1 Å². The number of H-pyrrole nitrogens is 1. The molecule has 31 heavy (non-hydrogen) atoms. The van der Waals surface area contributed by atoms with Gasteiger partial charge in [0, 0.05) is 35.5 Å². The molecule has 3 heterocycles. The van der Waals surface area contributed by atoms with Gasteiger partial charge >= 0.3 is 0 Å². The van der Waals surface area contributed by atoms with Crippen LogP contribution in [-0.2, 0) is 18.3 Å². The molecular formula is C26H27ClN2O2. The molecule has 160 valence electrons. The van der Waals surface area contributed by atoms with Crippen molar-refractivity contribution in [2.24, 2.45) is 5.92 Å². The zero-order chi connectivity index (χ0) is 19.7. The lowest BCUT2D eigenvalue weighted by Gasteiger charge is -2.62. The fourth-order valence-electron chi connectivity index (χ4n) is 7.54. The van der Waals surface area contributed by atoms with Gasteiger partial charge in [-0.3, -0.25) is 4.90 Å². The Bertz CT molecular complexity index is 1230. The van der Waals surface area contributed by atoms with Gasteiger partial charge < -0.3 is 14.8 Å². The molecule has 1 saturated heterocycles. The van der Waals surface area contributed by atoms with Crippen LogP contribution in [0.3, 0.4) is 0 Å². The Morgan fingerprint density at radius 2 is 2.00 bits per heavy atom. The van der Waals surface area contributed by atoms with Gasteiger partial charge in [-0.1, -0.05) is 30.3 Å². The van der Waals surface area contributed by atoms with Gasteiger partial charge in [-0.2, -0.15) is 0 Å². The topological polar surface area (TPSA) is 48.5 Å². The number of halogens is 1. The minimum Gasteiger partial charge on any atom is -0.483 e. The number of piperidine rings is 1. The Labute approximate surface area is 188 Å². The van der Waals surface area contributed by atoms with Crippen LogP contribution in [0.1, 0.15) is 47.8 Å². The first-order chi connectivity index (χ1) is 14.7. The number of aliphatic hydroxyl groups is 1. The summed E-state index contributed by atoms with van der Waals surface area (Å²) in [6, 6.07) is 15.2. The van der Waals surface area contributed by atoms with Gasteiger partial charge in [0.2, 0.25) is 0 Å². The summed E-state index contributed by atoms with van der Waals surface area (Å²) in [6.45, 7) is 2.21. The second-order valence-corrected chi connectivity index (χ2v) is 10.3. The van der Waals surface area contributed by atoms with E-state index in [1.165, 1.54) is 40.6 Å². The maximum absolute atomic E-state index is 12.7. The first-order valence-electron chi connectivity index (χ1n) is 11.5. The zero-order valence-corrected chi connectivity index (χ0v) is 18.3. The third kappa shape index (κ3) is 2.05. The van der Waals surface area contributed by atoms with Crippen molar-refractivity contribution >= 4 is 23.3 Å². The Hall–Kier alpha value is -2.01. The highest BCUT2D eigenvalue weighted by Gasteiger charge is 2.72. The minimum absolute atomic E-state index is 0. The number of aromatic amines is 1. The Morgan fingerprint density at radius 1 is 1.13 bits per heavy atom. The standard InChI is InChI=1S/C26H26N2O2.ClH/c29-26-13-18-17-5-1-2-6-19(17)27-23(18)24-25(26)10-11-28(14-15-8-9-15)21(26)12-16-4-3-7-20(30-24)22(16)25;/h1-7,15,21,24,27,29H,8-14H2;1H/t21-,24+,25+,26-;/m1./s1. The molecular weight excluding hydrogens is 408 g/mol. The van der Waals surface area contributed by atoms with E-state index in [1.807, 2.05) is 0 Å². The van der Waals surface area contributed by atoms with Crippen molar-refractivity contribution in [1.82, 2.24) is 9.88 Å². The van der Waals surface area contributed by atoms with Crippen LogP contribution in [0.15, 0.2) is 42.5 Å². The van der Waals surface area contributed by atoms with E-state index in [4.69, 9.17) is 4.74 Å². The first-order valence-corrected chi connectivity index (χ1v) is 11.5. The SMILES string of the molecule is Cl.O[C@@]12Cc3c([nH]c4ccccc34)[C@@H]3Oc4cccc5c4[C@@]31CCN(CC1CC1)[C@@H]2C5. The van der Waals surface area contributed by atoms with Crippen LogP contribution >= 0.6 is 12.4 Å². The molecule has 4 atom stereocenters. The lowest BCUT2D eigenvalue weighted by atomic mass is 9.49. The highest BCUT2D eigenvalue weighted by atomic mass is 35.5. The number of ether oxygens (including phenoxy) is 1. The average Bonchev–Trinajstić information content (AvgIpc) is 3.39. The molecule has 0 radical (unpaired) electrons. The van der Waals surface area contributed by atoms with Crippen LogP contribution in [0.25, 0.3) is 10.9 Å². The number of benzene rings is 2. The quantitative estimate of drug-likeness (QED) is 0.632. The molecule has 0 amide bonds. The van der Waals surface area contributed by atoms with Gasteiger partial charge in [0.1, 0.15) is 5.75 Å². The molecule has 4 nitrogen and oxygen atoms in total. The molecule has 2 aromatic carbocycles. The summed E-state index contributed by atoms with van der Waals surface area (Å²) in [5, 5.41) is 13.9. The number of rotatable bonds is 2. The number of aromatic nitrogens is 1. The van der Waals surface area contributed by atoms with Crippen molar-refractivity contribution in [3.05, 3.63) is 64.8 Å². The molecule has 2 bridgehead atoms. The van der Waals surface area contributed by atoms with Crippen molar-refractivity contribution in [2.45, 2.75) is 55.3 Å². The summed E-state index contributed by atoms with van der Waals surface area (Å²) in [6.07, 6.45) is 5.20. The third-order valence-electron chi connectivity index (χ3n) is 8.97. The molecule has 2 N–H and O–H groups in total. The van der Waals surface area contributed by atoms with Crippen molar-refractivity contribution in [3.8, 4) is 5.75 Å². The molecule has 5 aliphatic rings. The maximum atomic E-state index is 12.7. The predicted octanol–water partition coefficient (Wildman–Crippen LogP) is 4.29. The van der Waals surface area contributed by atoms with Gasteiger partial charge in [0.05, 0.1) is 16.7 Å². The van der Waals surface area contributed by atoms with Crippen molar-refractivity contribution in [1.29, 1.82) is 0 Å². The zero-order valence-electron chi connectivity index (χ0n) is 17.4. The summed E-state index contributed by atoms with van der Waals surface area (Å²) in [5.74, 6) is 1.83. The molecule has 0 unspecified atom stereocenters. The van der Waals surface area contributed by atoms with Crippen LogP contribution in [0.4, 0.5) is 0 Å². The van der Waals surface area contributed by atoms with Crippen LogP contribution in [0.5, 0.6) is 5.75 Å². The van der Waals surface area contributed by atoms with Crippen LogP contribution in [-0.4, -0.2) is 39.7 Å². The van der Waals surface area contributed by atoms with E-state index in [9.17, 15) is 5.11 Å². The molecule has 3 aliphatic carbocycles. The Balaban J connectivity index is 0.00000171. The van der Waals surface area contributed by atoms with Gasteiger partial charge in [0.25, 0.3) is 0 Å². The second kappa shape index (κ2) is 5.86. The molecule has 8 rings (SSSR count). The van der Waals surface area contributed by atoms with E-state index < -0.39 is 5.60 Å². The smallest absolute Gasteiger partial charge is 0.151 e. The van der Waals surface area contributed by atoms with E-state index in [0.29, 0.717) is 6.42 Å². The summed E-state index contributed by atoms with van der Waals surface area (Å²) in [4.78, 5) is 6.34. The van der Waals surface area contributed by atoms with Gasteiger partial charge in [-0.05, 0) is 61.4 Å². The molecule has 1 spiro atoms. The number of nitrogens with one attached hydrogen (secondary N) is 1. The van der Waals surface area contributed by atoms with Crippen molar-refractivity contribution < 1.29 is 9.84 Å². The summed E-state index contributed by atoms with van der Waals surface area (Å²) in [5.41, 5.74) is 5.19. The van der Waals surface area contributed by atoms with E-state index in [2.05, 4.69) is 52.3 Å². The monoisotopic (exact) mass is 434 g/mol. The Morgan fingerprint density at radius 3 is 2.87 bits per heavy atom. The average molecular weight is 435 g/mol. The predicted molar refractivity (Wildman–Crippen MR) is 122 cm³/mol. The van der Waals surface area contributed by atoms with Crippen molar-refractivity contribution in [3.63, 3.8) is 0 Å². The fourth-order valence-corrected chi connectivity index (χ4v) is 7.54. The fraction of sp³-hybridized carbons (Fsp3) is 0.462. The minimum atomic E-state index is -0.789. The van der Waals surface area contributed by atoms with E-state index in [0.717, 1.165) is 43.1 Å². The highest BCUT2D eigenvalue weighted by Crippen LogP contribution is 2.67. The van der Waals surface area contributed by atoms with Gasteiger partial charge in [-0.15, -0.1) is 12.4 Å². The molecule has 2 fully saturated rings. The summed E-state index contributed by atoms with van der Waals surface area (Å²) in [7, 11) is 0. The largest absolute Gasteiger partial charge is 0.483 e. The van der Waals surface area contributed by atoms with E-state index in [-0.39, 0.29) is 30.0 Å². The Kier molecular flexibility index (Phi) is 3.51. The molecule has 5 heteroatoms. The molecule has 3 aromatic rings. The number of para-hydroxylation sites is 1.